The molecule has 2 rings (SSSR count). The molecule has 0 saturated carbocycles. The van der Waals surface area contributed by atoms with Gasteiger partial charge in [-0.15, -0.1) is 0 Å². The number of halogens is 1. The molecule has 2 N–H and O–H groups in total. The van der Waals surface area contributed by atoms with E-state index in [2.05, 4.69) is 22.5 Å². The first-order valence-electron chi connectivity index (χ1n) is 8.86. The Kier molecular flexibility index (Phi) is 8.09. The molecule has 0 bridgehead atoms. The van der Waals surface area contributed by atoms with Crippen molar-refractivity contribution in [3.8, 4) is 0 Å². The molecule has 0 radical (unpaired) electrons. The average molecular weight is 374 g/mol. The van der Waals surface area contributed by atoms with Gasteiger partial charge in [0.25, 0.3) is 11.8 Å². The number of carbonyl (C=O) groups is 2. The fraction of sp³-hybridized carbons (Fsp3) is 0.350. The summed E-state index contributed by atoms with van der Waals surface area (Å²) < 4.78 is 0. The average Bonchev–Trinajstić information content (AvgIpc) is 2.66. The number of nitrogens with zero attached hydrogens (tertiary/aromatic N) is 1. The van der Waals surface area contributed by atoms with E-state index >= 15 is 0 Å². The predicted octanol–water partition coefficient (Wildman–Crippen LogP) is 3.63. The number of pyridine rings is 1. The minimum Gasteiger partial charge on any atom is -0.352 e. The van der Waals surface area contributed by atoms with E-state index in [-0.39, 0.29) is 11.8 Å². The SMILES string of the molecule is CCCCCNC(=O)c1cncc(C(=O)NCCc2ccc(Cl)cc2)c1. The Balaban J connectivity index is 1.84. The molecule has 1 aromatic heterocycles. The van der Waals surface area contributed by atoms with Gasteiger partial charge in [0.2, 0.25) is 0 Å². The second-order valence-electron chi connectivity index (χ2n) is 6.06. The van der Waals surface area contributed by atoms with Gasteiger partial charge in [-0.1, -0.05) is 43.5 Å². The molecule has 5 nitrogen and oxygen atoms in total. The topological polar surface area (TPSA) is 71.1 Å². The van der Waals surface area contributed by atoms with Gasteiger partial charge in [-0.2, -0.15) is 0 Å². The smallest absolute Gasteiger partial charge is 0.252 e. The quantitative estimate of drug-likeness (QED) is 0.659. The van der Waals surface area contributed by atoms with Crippen LogP contribution < -0.4 is 10.6 Å². The maximum atomic E-state index is 12.3. The second kappa shape index (κ2) is 10.6. The second-order valence-corrected chi connectivity index (χ2v) is 6.49. The summed E-state index contributed by atoms with van der Waals surface area (Å²) in [5.41, 5.74) is 1.86. The van der Waals surface area contributed by atoms with Gasteiger partial charge in [-0.25, -0.2) is 0 Å². The predicted molar refractivity (Wildman–Crippen MR) is 104 cm³/mol. The van der Waals surface area contributed by atoms with E-state index in [0.29, 0.717) is 35.7 Å². The minimum atomic E-state index is -0.243. The van der Waals surface area contributed by atoms with Crippen LogP contribution in [0.25, 0.3) is 0 Å². The molecule has 0 fully saturated rings. The van der Waals surface area contributed by atoms with Crippen LogP contribution in [-0.2, 0) is 6.42 Å². The first-order chi connectivity index (χ1) is 12.6. The lowest BCUT2D eigenvalue weighted by Crippen LogP contribution is -2.27. The summed E-state index contributed by atoms with van der Waals surface area (Å²) in [6, 6.07) is 9.08. The third kappa shape index (κ3) is 6.48. The summed E-state index contributed by atoms with van der Waals surface area (Å²) in [4.78, 5) is 28.4. The Bertz CT molecular complexity index is 732. The van der Waals surface area contributed by atoms with Crippen LogP contribution in [0.5, 0.6) is 0 Å². The van der Waals surface area contributed by atoms with Crippen LogP contribution in [0.3, 0.4) is 0 Å². The van der Waals surface area contributed by atoms with Crippen molar-refractivity contribution in [3.63, 3.8) is 0 Å². The van der Waals surface area contributed by atoms with E-state index in [1.165, 1.54) is 12.4 Å². The van der Waals surface area contributed by atoms with Crippen molar-refractivity contribution in [1.82, 2.24) is 15.6 Å². The lowest BCUT2D eigenvalue weighted by Gasteiger charge is -2.08. The zero-order chi connectivity index (χ0) is 18.8. The van der Waals surface area contributed by atoms with Gasteiger partial charge < -0.3 is 10.6 Å². The van der Waals surface area contributed by atoms with Crippen LogP contribution in [0.2, 0.25) is 5.02 Å². The van der Waals surface area contributed by atoms with Crippen molar-refractivity contribution in [3.05, 3.63) is 64.4 Å². The standard InChI is InChI=1S/C20H24ClN3O2/c1-2-3-4-10-23-19(25)16-12-17(14-22-13-16)20(26)24-11-9-15-5-7-18(21)8-6-15/h5-8,12-14H,2-4,9-11H2,1H3,(H,23,25)(H,24,26). The molecular weight excluding hydrogens is 350 g/mol. The van der Waals surface area contributed by atoms with Gasteiger partial charge >= 0.3 is 0 Å². The molecule has 2 amide bonds. The number of amides is 2. The van der Waals surface area contributed by atoms with Gasteiger partial charge in [0.1, 0.15) is 0 Å². The van der Waals surface area contributed by atoms with Crippen LogP contribution in [0.15, 0.2) is 42.7 Å². The Hall–Kier alpha value is -2.40. The Morgan fingerprint density at radius 1 is 0.962 bits per heavy atom. The zero-order valence-corrected chi connectivity index (χ0v) is 15.7. The molecule has 0 aliphatic rings. The molecule has 26 heavy (non-hydrogen) atoms. The first-order valence-corrected chi connectivity index (χ1v) is 9.24. The summed E-state index contributed by atoms with van der Waals surface area (Å²) in [6.07, 6.45) is 6.76. The Labute approximate surface area is 159 Å². The van der Waals surface area contributed by atoms with Crippen LogP contribution >= 0.6 is 11.6 Å². The number of nitrogens with one attached hydrogen (secondary N) is 2. The molecule has 2 aromatic rings. The molecule has 0 atom stereocenters. The largest absolute Gasteiger partial charge is 0.352 e. The highest BCUT2D eigenvalue weighted by Crippen LogP contribution is 2.09. The van der Waals surface area contributed by atoms with Crippen LogP contribution in [-0.4, -0.2) is 29.9 Å². The third-order valence-electron chi connectivity index (χ3n) is 3.94. The lowest BCUT2D eigenvalue weighted by molar-refractivity contribution is 0.0952. The molecule has 0 aliphatic carbocycles. The number of benzene rings is 1. The van der Waals surface area contributed by atoms with Crippen LogP contribution in [0, 0.1) is 0 Å². The normalized spacial score (nSPS) is 10.4. The molecule has 1 aromatic carbocycles. The number of hydrogen-bond donors (Lipinski definition) is 2. The summed E-state index contributed by atoms with van der Waals surface area (Å²) in [7, 11) is 0. The maximum absolute atomic E-state index is 12.3. The number of aromatic nitrogens is 1. The van der Waals surface area contributed by atoms with Crippen molar-refractivity contribution in [2.45, 2.75) is 32.6 Å². The number of unbranched alkanes of at least 4 members (excludes halogenated alkanes) is 2. The van der Waals surface area contributed by atoms with Gasteiger partial charge in [0.15, 0.2) is 0 Å². The Morgan fingerprint density at radius 3 is 2.19 bits per heavy atom. The van der Waals surface area contributed by atoms with Gasteiger partial charge in [0, 0.05) is 30.5 Å². The molecule has 0 unspecified atom stereocenters. The number of rotatable bonds is 9. The fourth-order valence-electron chi connectivity index (χ4n) is 2.44. The first kappa shape index (κ1) is 19.9. The van der Waals surface area contributed by atoms with Crippen LogP contribution in [0.4, 0.5) is 0 Å². The van der Waals surface area contributed by atoms with Gasteiger partial charge in [-0.3, -0.25) is 14.6 Å². The van der Waals surface area contributed by atoms with E-state index in [0.717, 1.165) is 24.8 Å². The Morgan fingerprint density at radius 2 is 1.58 bits per heavy atom. The maximum Gasteiger partial charge on any atom is 0.252 e. The highest BCUT2D eigenvalue weighted by Gasteiger charge is 2.11. The molecule has 138 valence electrons. The highest BCUT2D eigenvalue weighted by atomic mass is 35.5. The van der Waals surface area contributed by atoms with Crippen molar-refractivity contribution >= 4 is 23.4 Å². The zero-order valence-electron chi connectivity index (χ0n) is 14.9. The summed E-state index contributed by atoms with van der Waals surface area (Å²) in [5.74, 6) is -0.448. The molecule has 1 heterocycles. The van der Waals surface area contributed by atoms with Crippen molar-refractivity contribution < 1.29 is 9.59 Å². The monoisotopic (exact) mass is 373 g/mol. The minimum absolute atomic E-state index is 0.204. The van der Waals surface area contributed by atoms with Crippen LogP contribution in [0.1, 0.15) is 52.5 Å². The number of carbonyl (C=O) groups excluding carboxylic acids is 2. The molecule has 0 spiro atoms. The van der Waals surface area contributed by atoms with E-state index in [1.807, 2.05) is 24.3 Å². The third-order valence-corrected chi connectivity index (χ3v) is 4.19. The molecule has 0 aliphatic heterocycles. The summed E-state index contributed by atoms with van der Waals surface area (Å²) in [6.45, 7) is 3.23. The van der Waals surface area contributed by atoms with Crippen molar-refractivity contribution in [2.24, 2.45) is 0 Å². The highest BCUT2D eigenvalue weighted by molar-refractivity contribution is 6.30. The van der Waals surface area contributed by atoms with Gasteiger partial charge in [-0.05, 0) is 36.6 Å². The summed E-state index contributed by atoms with van der Waals surface area (Å²) >= 11 is 5.85. The van der Waals surface area contributed by atoms with E-state index in [1.54, 1.807) is 6.07 Å². The molecule has 0 saturated heterocycles. The van der Waals surface area contributed by atoms with E-state index in [4.69, 9.17) is 11.6 Å². The van der Waals surface area contributed by atoms with Crippen molar-refractivity contribution in [1.29, 1.82) is 0 Å². The molecular formula is C20H24ClN3O2. The number of hydrogen-bond acceptors (Lipinski definition) is 3. The van der Waals surface area contributed by atoms with Gasteiger partial charge in [0.05, 0.1) is 11.1 Å². The van der Waals surface area contributed by atoms with E-state index in [9.17, 15) is 9.59 Å². The summed E-state index contributed by atoms with van der Waals surface area (Å²) in [5, 5.41) is 6.38. The fourth-order valence-corrected chi connectivity index (χ4v) is 2.57. The van der Waals surface area contributed by atoms with E-state index < -0.39 is 0 Å². The lowest BCUT2D eigenvalue weighted by atomic mass is 10.1. The van der Waals surface area contributed by atoms with Crippen molar-refractivity contribution in [2.75, 3.05) is 13.1 Å². The molecule has 6 heteroatoms.